The molecule has 0 bridgehead atoms. The van der Waals surface area contributed by atoms with Gasteiger partial charge < -0.3 is 0 Å². The van der Waals surface area contributed by atoms with Crippen molar-refractivity contribution in [1.29, 1.82) is 0 Å². The smallest absolute Gasteiger partial charge is 0.00292 e. The van der Waals surface area contributed by atoms with Crippen LogP contribution in [0.1, 0.15) is 13.8 Å². The Morgan fingerprint density at radius 1 is 1.33 bits per heavy atom. The van der Waals surface area contributed by atoms with E-state index in [1.54, 1.807) is 0 Å². The molecule has 1 atom stereocenters. The van der Waals surface area contributed by atoms with Crippen molar-refractivity contribution >= 4 is 34.0 Å². The van der Waals surface area contributed by atoms with Gasteiger partial charge in [-0.15, -0.1) is 0 Å². The predicted molar refractivity (Wildman–Crippen MR) is 56.3 cm³/mol. The summed E-state index contributed by atoms with van der Waals surface area (Å²) in [6.45, 7) is 4.35. The second kappa shape index (κ2) is 3.07. The van der Waals surface area contributed by atoms with Crippen molar-refractivity contribution in [2.45, 2.75) is 13.8 Å². The Kier molecular flexibility index (Phi) is 2.59. The number of hydrogen-bond acceptors (Lipinski definition) is 0. The van der Waals surface area contributed by atoms with E-state index in [9.17, 15) is 0 Å². The monoisotopic (exact) mass is 252 g/mol. The van der Waals surface area contributed by atoms with Crippen LogP contribution in [0.4, 0.5) is 0 Å². The minimum atomic E-state index is 0.226. The summed E-state index contributed by atoms with van der Waals surface area (Å²) in [5, 5.41) is 0. The number of allylic oxidation sites excluding steroid dienone is 3. The van der Waals surface area contributed by atoms with Crippen LogP contribution in [0.15, 0.2) is 20.5 Å². The minimum absolute atomic E-state index is 0.226. The average molecular weight is 252 g/mol. The zero-order valence-electron chi connectivity index (χ0n) is 5.61. The van der Waals surface area contributed by atoms with Gasteiger partial charge in [0.25, 0.3) is 0 Å². The molecule has 50 valence electrons. The van der Waals surface area contributed by atoms with Gasteiger partial charge in [0.1, 0.15) is 0 Å². The number of halogens is 1. The van der Waals surface area contributed by atoms with E-state index in [0.717, 1.165) is 0 Å². The molecule has 0 amide bonds. The Balaban J connectivity index is 3.01. The van der Waals surface area contributed by atoms with Gasteiger partial charge in [0.15, 0.2) is 0 Å². The van der Waals surface area contributed by atoms with Crippen LogP contribution in [0.3, 0.4) is 0 Å². The molecule has 0 saturated heterocycles. The molecular formula is C7H10IP. The third-order valence-electron chi connectivity index (χ3n) is 1.32. The van der Waals surface area contributed by atoms with Gasteiger partial charge in [-0.3, -0.25) is 0 Å². The Morgan fingerprint density at radius 2 is 2.00 bits per heavy atom. The number of hydrogen-bond donors (Lipinski definition) is 0. The Bertz CT molecular complexity index is 211. The van der Waals surface area contributed by atoms with Gasteiger partial charge in [-0.2, -0.15) is 0 Å². The normalized spacial score (nSPS) is 19.2. The Morgan fingerprint density at radius 3 is 2.44 bits per heavy atom. The fraction of sp³-hybridized carbons (Fsp3) is 0.286. The maximum absolute atomic E-state index is 2.79. The van der Waals surface area contributed by atoms with Crippen LogP contribution in [0, 0.1) is 0 Å². The van der Waals surface area contributed by atoms with E-state index in [-0.39, 0.29) is 20.7 Å². The molecule has 0 aliphatic carbocycles. The van der Waals surface area contributed by atoms with Gasteiger partial charge in [-0.1, -0.05) is 30.0 Å². The van der Waals surface area contributed by atoms with Crippen LogP contribution in [-0.4, -0.2) is 4.01 Å². The molecule has 0 radical (unpaired) electrons. The summed E-state index contributed by atoms with van der Waals surface area (Å²) >= 11 is 0.226. The highest BCUT2D eigenvalue weighted by Gasteiger charge is 1.95. The highest BCUT2D eigenvalue weighted by atomic mass is 127. The molecule has 0 saturated carbocycles. The fourth-order valence-corrected chi connectivity index (χ4v) is 3.22. The van der Waals surface area contributed by atoms with E-state index in [4.69, 9.17) is 0 Å². The minimum Gasteiger partial charge on any atom is -0.0993 e. The molecule has 1 aliphatic heterocycles. The molecule has 0 aromatic heterocycles. The van der Waals surface area contributed by atoms with Gasteiger partial charge in [-0.05, 0) is 35.1 Å². The van der Waals surface area contributed by atoms with Crippen molar-refractivity contribution in [3.05, 3.63) is 20.5 Å². The standard InChI is InChI=1S/C7H10IP/c1-5-3-7(9)8-4-6(5)2/h3-4H,9H2,1-2H3. The van der Waals surface area contributed by atoms with Crippen LogP contribution in [0.2, 0.25) is 0 Å². The molecule has 0 nitrogen and oxygen atoms in total. The first-order valence-corrected chi connectivity index (χ1v) is 5.71. The fourth-order valence-electron chi connectivity index (χ4n) is 0.583. The van der Waals surface area contributed by atoms with Crippen LogP contribution >= 0.6 is 30.0 Å². The van der Waals surface area contributed by atoms with E-state index < -0.39 is 0 Å². The second-order valence-corrected chi connectivity index (χ2v) is 6.40. The van der Waals surface area contributed by atoms with Crippen LogP contribution in [0.25, 0.3) is 0 Å². The molecule has 1 rings (SSSR count). The van der Waals surface area contributed by atoms with Crippen molar-refractivity contribution in [2.75, 3.05) is 0 Å². The summed E-state index contributed by atoms with van der Waals surface area (Å²) in [4.78, 5) is 0. The molecule has 9 heavy (non-hydrogen) atoms. The summed E-state index contributed by atoms with van der Waals surface area (Å²) in [5.74, 6) is 0. The second-order valence-electron chi connectivity index (χ2n) is 2.11. The maximum Gasteiger partial charge on any atom is 0.00292 e. The molecule has 1 unspecified atom stereocenters. The van der Waals surface area contributed by atoms with E-state index in [1.807, 2.05) is 0 Å². The van der Waals surface area contributed by atoms with Crippen LogP contribution < -0.4 is 0 Å². The molecule has 2 heteroatoms. The van der Waals surface area contributed by atoms with E-state index in [0.29, 0.717) is 0 Å². The zero-order valence-corrected chi connectivity index (χ0v) is 8.92. The molecule has 0 aromatic carbocycles. The lowest BCUT2D eigenvalue weighted by molar-refractivity contribution is 1.44. The van der Waals surface area contributed by atoms with Gasteiger partial charge in [0.2, 0.25) is 0 Å². The molecule has 0 N–H and O–H groups in total. The number of rotatable bonds is 0. The summed E-state index contributed by atoms with van der Waals surface area (Å²) in [6, 6.07) is 0. The van der Waals surface area contributed by atoms with Gasteiger partial charge in [0, 0.05) is 3.32 Å². The third kappa shape index (κ3) is 1.98. The van der Waals surface area contributed by atoms with Crippen molar-refractivity contribution in [2.24, 2.45) is 0 Å². The quantitative estimate of drug-likeness (QED) is 0.459. The van der Waals surface area contributed by atoms with Gasteiger partial charge in [0.05, 0.1) is 0 Å². The SMILES string of the molecule is CC1=C(C)C=C(P)I=C1. The van der Waals surface area contributed by atoms with Crippen LogP contribution in [0.5, 0.6) is 0 Å². The lowest BCUT2D eigenvalue weighted by Crippen LogP contribution is -1.83. The summed E-state index contributed by atoms with van der Waals surface area (Å²) in [6.07, 6.45) is 2.27. The first-order chi connectivity index (χ1) is 4.20. The lowest BCUT2D eigenvalue weighted by Gasteiger charge is -2.03. The Labute approximate surface area is 68.4 Å². The van der Waals surface area contributed by atoms with E-state index in [2.05, 4.69) is 33.2 Å². The van der Waals surface area contributed by atoms with Gasteiger partial charge in [-0.25, -0.2) is 0 Å². The van der Waals surface area contributed by atoms with Crippen molar-refractivity contribution in [3.63, 3.8) is 0 Å². The topological polar surface area (TPSA) is 0 Å². The largest absolute Gasteiger partial charge is 0.0993 e. The van der Waals surface area contributed by atoms with Gasteiger partial charge >= 0.3 is 0 Å². The predicted octanol–water partition coefficient (Wildman–Crippen LogP) is 2.83. The summed E-state index contributed by atoms with van der Waals surface area (Å²) in [5.41, 5.74) is 2.89. The van der Waals surface area contributed by atoms with Crippen molar-refractivity contribution < 1.29 is 0 Å². The molecular weight excluding hydrogens is 242 g/mol. The first-order valence-electron chi connectivity index (χ1n) is 2.81. The third-order valence-corrected chi connectivity index (χ3v) is 4.61. The van der Waals surface area contributed by atoms with Crippen molar-refractivity contribution in [1.82, 2.24) is 0 Å². The molecule has 1 aliphatic rings. The lowest BCUT2D eigenvalue weighted by atomic mass is 10.2. The first kappa shape index (κ1) is 7.62. The Hall–Kier alpha value is 0.510. The highest BCUT2D eigenvalue weighted by molar-refractivity contribution is 14.2. The zero-order chi connectivity index (χ0) is 6.85. The van der Waals surface area contributed by atoms with E-state index in [1.165, 1.54) is 14.5 Å². The summed E-state index contributed by atoms with van der Waals surface area (Å²) < 4.78 is 3.87. The molecule has 0 aromatic rings. The van der Waals surface area contributed by atoms with Crippen LogP contribution in [-0.2, 0) is 0 Å². The highest BCUT2D eigenvalue weighted by Crippen LogP contribution is 2.28. The van der Waals surface area contributed by atoms with Crippen molar-refractivity contribution in [3.8, 4) is 0 Å². The average Bonchev–Trinajstić information content (AvgIpc) is 1.80. The maximum atomic E-state index is 2.79. The summed E-state index contributed by atoms with van der Waals surface area (Å²) in [7, 11) is 2.79. The molecule has 0 fully saturated rings. The molecule has 0 spiro atoms. The molecule has 1 heterocycles. The van der Waals surface area contributed by atoms with E-state index >= 15 is 0 Å².